The second-order valence-electron chi connectivity index (χ2n) is 4.24. The normalized spacial score (nSPS) is 13.2. The Hall–Kier alpha value is -0.960. The van der Waals surface area contributed by atoms with Gasteiger partial charge in [-0.15, -0.1) is 0 Å². The van der Waals surface area contributed by atoms with Gasteiger partial charge in [-0.2, -0.15) is 0 Å². The van der Waals surface area contributed by atoms with Gasteiger partial charge < -0.3 is 5.73 Å². The van der Waals surface area contributed by atoms with Crippen LogP contribution < -0.4 is 5.73 Å². The summed E-state index contributed by atoms with van der Waals surface area (Å²) in [7, 11) is 0. The largest absolute Gasteiger partial charge is 0.324 e. The smallest absolute Gasteiger partial charge is 0.128 e. The number of hydrogen-bond donors (Lipinski definition) is 1. The van der Waals surface area contributed by atoms with Crippen molar-refractivity contribution >= 4 is 0 Å². The first kappa shape index (κ1) is 12.1. The maximum absolute atomic E-state index is 13.3. The second-order valence-corrected chi connectivity index (χ2v) is 4.24. The Morgan fingerprint density at radius 1 is 1.20 bits per heavy atom. The zero-order chi connectivity index (χ0) is 11.4. The van der Waals surface area contributed by atoms with Crippen molar-refractivity contribution in [1.29, 1.82) is 0 Å². The summed E-state index contributed by atoms with van der Waals surface area (Å²) in [4.78, 5) is 0. The van der Waals surface area contributed by atoms with Crippen molar-refractivity contribution in [3.63, 3.8) is 0 Å². The van der Waals surface area contributed by atoms with Gasteiger partial charge in [-0.25, -0.2) is 8.78 Å². The van der Waals surface area contributed by atoms with Crippen LogP contribution >= 0.6 is 0 Å². The molecule has 1 atom stereocenters. The van der Waals surface area contributed by atoms with Crippen molar-refractivity contribution in [2.75, 3.05) is 0 Å². The first-order chi connectivity index (χ1) is 7.00. The SMILES string of the molecule is CC(C)CCC(N)c1cc(F)ccc1F. The highest BCUT2D eigenvalue weighted by Gasteiger charge is 2.12. The molecule has 0 aliphatic carbocycles. The molecule has 84 valence electrons. The number of hydrogen-bond acceptors (Lipinski definition) is 1. The molecule has 0 aliphatic rings. The van der Waals surface area contributed by atoms with Gasteiger partial charge in [-0.1, -0.05) is 13.8 Å². The van der Waals surface area contributed by atoms with Crippen LogP contribution in [-0.4, -0.2) is 0 Å². The highest BCUT2D eigenvalue weighted by molar-refractivity contribution is 5.21. The van der Waals surface area contributed by atoms with Crippen LogP contribution in [0.5, 0.6) is 0 Å². The maximum Gasteiger partial charge on any atom is 0.128 e. The molecule has 3 heteroatoms. The third-order valence-corrected chi connectivity index (χ3v) is 2.41. The standard InChI is InChI=1S/C12H17F2N/c1-8(2)3-6-12(15)10-7-9(13)4-5-11(10)14/h4-5,7-8,12H,3,6,15H2,1-2H3. The minimum absolute atomic E-state index is 0.274. The van der Waals surface area contributed by atoms with E-state index in [1.54, 1.807) is 0 Å². The average molecular weight is 213 g/mol. The third kappa shape index (κ3) is 3.59. The fraction of sp³-hybridized carbons (Fsp3) is 0.500. The van der Waals surface area contributed by atoms with Gasteiger partial charge in [0.1, 0.15) is 11.6 Å². The van der Waals surface area contributed by atoms with Crippen molar-refractivity contribution in [3.05, 3.63) is 35.4 Å². The van der Waals surface area contributed by atoms with E-state index >= 15 is 0 Å². The summed E-state index contributed by atoms with van der Waals surface area (Å²) in [6.07, 6.45) is 1.59. The molecule has 2 N–H and O–H groups in total. The van der Waals surface area contributed by atoms with Gasteiger partial charge in [-0.05, 0) is 37.0 Å². The quantitative estimate of drug-likeness (QED) is 0.815. The summed E-state index contributed by atoms with van der Waals surface area (Å²) >= 11 is 0. The van der Waals surface area contributed by atoms with E-state index < -0.39 is 17.7 Å². The predicted molar refractivity (Wildman–Crippen MR) is 57.4 cm³/mol. The van der Waals surface area contributed by atoms with E-state index in [4.69, 9.17) is 5.73 Å². The van der Waals surface area contributed by atoms with Gasteiger partial charge in [0.25, 0.3) is 0 Å². The molecule has 1 aromatic carbocycles. The summed E-state index contributed by atoms with van der Waals surface area (Å²) < 4.78 is 26.2. The van der Waals surface area contributed by atoms with E-state index in [2.05, 4.69) is 13.8 Å². The summed E-state index contributed by atoms with van der Waals surface area (Å²) in [5.41, 5.74) is 6.08. The van der Waals surface area contributed by atoms with Crippen molar-refractivity contribution in [2.24, 2.45) is 11.7 Å². The van der Waals surface area contributed by atoms with E-state index in [1.807, 2.05) is 0 Å². The van der Waals surface area contributed by atoms with E-state index in [0.717, 1.165) is 18.6 Å². The molecule has 1 unspecified atom stereocenters. The molecule has 1 aromatic rings. The van der Waals surface area contributed by atoms with Crippen LogP contribution in [0.2, 0.25) is 0 Å². The predicted octanol–water partition coefficient (Wildman–Crippen LogP) is 3.40. The lowest BCUT2D eigenvalue weighted by atomic mass is 9.98. The van der Waals surface area contributed by atoms with Crippen LogP contribution in [0, 0.1) is 17.6 Å². The van der Waals surface area contributed by atoms with Crippen LogP contribution in [0.15, 0.2) is 18.2 Å². The lowest BCUT2D eigenvalue weighted by Crippen LogP contribution is -2.13. The first-order valence-electron chi connectivity index (χ1n) is 5.21. The topological polar surface area (TPSA) is 26.0 Å². The Bertz CT molecular complexity index is 323. The van der Waals surface area contributed by atoms with Crippen molar-refractivity contribution in [3.8, 4) is 0 Å². The molecule has 0 fully saturated rings. The van der Waals surface area contributed by atoms with Crippen LogP contribution in [0.3, 0.4) is 0 Å². The van der Waals surface area contributed by atoms with E-state index in [9.17, 15) is 8.78 Å². The molecule has 15 heavy (non-hydrogen) atoms. The highest BCUT2D eigenvalue weighted by atomic mass is 19.1. The molecule has 0 aliphatic heterocycles. The molecule has 0 bridgehead atoms. The Kier molecular flexibility index (Phi) is 4.21. The number of rotatable bonds is 4. The van der Waals surface area contributed by atoms with E-state index in [-0.39, 0.29) is 5.56 Å². The first-order valence-corrected chi connectivity index (χ1v) is 5.21. The molecule has 0 spiro atoms. The highest BCUT2D eigenvalue weighted by Crippen LogP contribution is 2.21. The van der Waals surface area contributed by atoms with Gasteiger partial charge in [0.2, 0.25) is 0 Å². The summed E-state index contributed by atoms with van der Waals surface area (Å²) in [5.74, 6) is -0.341. The Balaban J connectivity index is 2.72. The molecule has 0 aromatic heterocycles. The number of nitrogens with two attached hydrogens (primary N) is 1. The zero-order valence-electron chi connectivity index (χ0n) is 9.13. The molecule has 0 saturated heterocycles. The Morgan fingerprint density at radius 3 is 2.47 bits per heavy atom. The minimum atomic E-state index is -0.439. The molecule has 1 rings (SSSR count). The van der Waals surface area contributed by atoms with Crippen molar-refractivity contribution in [1.82, 2.24) is 0 Å². The van der Waals surface area contributed by atoms with Crippen molar-refractivity contribution in [2.45, 2.75) is 32.7 Å². The van der Waals surface area contributed by atoms with E-state index in [1.165, 1.54) is 6.07 Å². The minimum Gasteiger partial charge on any atom is -0.324 e. The van der Waals surface area contributed by atoms with Crippen molar-refractivity contribution < 1.29 is 8.78 Å². The second kappa shape index (κ2) is 5.21. The monoisotopic (exact) mass is 213 g/mol. The Labute approximate surface area is 89.3 Å². The molecule has 0 heterocycles. The fourth-order valence-corrected chi connectivity index (χ4v) is 1.47. The van der Waals surface area contributed by atoms with E-state index in [0.29, 0.717) is 12.3 Å². The summed E-state index contributed by atoms with van der Waals surface area (Å²) in [5, 5.41) is 0. The number of halogens is 2. The lowest BCUT2D eigenvalue weighted by molar-refractivity contribution is 0.487. The van der Waals surface area contributed by atoms with Crippen LogP contribution in [0.4, 0.5) is 8.78 Å². The van der Waals surface area contributed by atoms with Crippen LogP contribution in [0.25, 0.3) is 0 Å². The Morgan fingerprint density at radius 2 is 1.87 bits per heavy atom. The lowest BCUT2D eigenvalue weighted by Gasteiger charge is -2.14. The van der Waals surface area contributed by atoms with Gasteiger partial charge in [0.05, 0.1) is 0 Å². The van der Waals surface area contributed by atoms with Crippen LogP contribution in [0.1, 0.15) is 38.3 Å². The number of benzene rings is 1. The van der Waals surface area contributed by atoms with Gasteiger partial charge in [-0.3, -0.25) is 0 Å². The maximum atomic E-state index is 13.3. The average Bonchev–Trinajstić information content (AvgIpc) is 2.18. The van der Waals surface area contributed by atoms with Gasteiger partial charge in [0, 0.05) is 11.6 Å². The molecular weight excluding hydrogens is 196 g/mol. The van der Waals surface area contributed by atoms with Gasteiger partial charge in [0.15, 0.2) is 0 Å². The molecular formula is C12H17F2N. The fourth-order valence-electron chi connectivity index (χ4n) is 1.47. The summed E-state index contributed by atoms with van der Waals surface area (Å²) in [6, 6.07) is 3.00. The molecule has 1 nitrogen and oxygen atoms in total. The zero-order valence-corrected chi connectivity index (χ0v) is 9.13. The summed E-state index contributed by atoms with van der Waals surface area (Å²) in [6.45, 7) is 4.16. The van der Waals surface area contributed by atoms with Gasteiger partial charge >= 0.3 is 0 Å². The molecule has 0 radical (unpaired) electrons. The van der Waals surface area contributed by atoms with Crippen LogP contribution in [-0.2, 0) is 0 Å². The third-order valence-electron chi connectivity index (χ3n) is 2.41. The molecule has 0 saturated carbocycles. The molecule has 0 amide bonds.